The third kappa shape index (κ3) is 4.65. The van der Waals surface area contributed by atoms with Gasteiger partial charge in [-0.3, -0.25) is 14.5 Å². The second-order valence-electron chi connectivity index (χ2n) is 8.24. The van der Waals surface area contributed by atoms with Crippen molar-refractivity contribution in [2.24, 2.45) is 0 Å². The third-order valence-electron chi connectivity index (χ3n) is 5.39. The fraction of sp³-hybridized carbons (Fsp3) is 0.200. The molecule has 3 aromatic rings. The summed E-state index contributed by atoms with van der Waals surface area (Å²) < 4.78 is 0. The van der Waals surface area contributed by atoms with Gasteiger partial charge >= 0.3 is 0 Å². The predicted molar refractivity (Wildman–Crippen MR) is 133 cm³/mol. The first-order chi connectivity index (χ1) is 15.3. The smallest absolute Gasteiger partial charge is 0.241 e. The Morgan fingerprint density at radius 2 is 1.75 bits per heavy atom. The van der Waals surface area contributed by atoms with Crippen molar-refractivity contribution in [3.8, 4) is 0 Å². The number of benzene rings is 3. The Balaban J connectivity index is 1.58. The van der Waals surface area contributed by atoms with Crippen molar-refractivity contribution in [3.63, 3.8) is 0 Å². The number of carbonyl (C=O) groups excluding carboxylic acids is 2. The number of anilines is 3. The normalized spacial score (nSPS) is 13.6. The molecule has 0 unspecified atom stereocenters. The van der Waals surface area contributed by atoms with Crippen LogP contribution in [-0.4, -0.2) is 17.6 Å². The maximum absolute atomic E-state index is 12.9. The van der Waals surface area contributed by atoms with Crippen molar-refractivity contribution in [1.82, 2.24) is 0 Å². The zero-order valence-electron chi connectivity index (χ0n) is 17.7. The lowest BCUT2D eigenvalue weighted by molar-refractivity contribution is -0.117. The van der Waals surface area contributed by atoms with E-state index in [1.165, 1.54) is 11.8 Å². The number of fused-ring (bicyclic) bond motifs is 1. The highest BCUT2D eigenvalue weighted by Crippen LogP contribution is 2.41. The van der Waals surface area contributed by atoms with Gasteiger partial charge in [0, 0.05) is 16.3 Å². The van der Waals surface area contributed by atoms with Gasteiger partial charge in [-0.2, -0.15) is 0 Å². The molecule has 4 nitrogen and oxygen atoms in total. The fourth-order valence-electron chi connectivity index (χ4n) is 3.83. The van der Waals surface area contributed by atoms with E-state index in [1.54, 1.807) is 23.1 Å². The summed E-state index contributed by atoms with van der Waals surface area (Å²) in [4.78, 5) is 28.4. The summed E-state index contributed by atoms with van der Waals surface area (Å²) in [7, 11) is 0. The molecule has 0 atom stereocenters. The number of carbonyl (C=O) groups is 2. The van der Waals surface area contributed by atoms with Crippen LogP contribution in [0.15, 0.2) is 71.6 Å². The van der Waals surface area contributed by atoms with E-state index < -0.39 is 5.41 Å². The molecule has 1 aliphatic heterocycles. The van der Waals surface area contributed by atoms with Gasteiger partial charge in [0.1, 0.15) is 0 Å². The average molecular weight is 485 g/mol. The topological polar surface area (TPSA) is 49.4 Å². The lowest BCUT2D eigenvalue weighted by Crippen LogP contribution is -2.31. The van der Waals surface area contributed by atoms with Crippen LogP contribution < -0.4 is 10.2 Å². The number of halogens is 2. The van der Waals surface area contributed by atoms with E-state index in [-0.39, 0.29) is 18.2 Å². The highest BCUT2D eigenvalue weighted by Gasteiger charge is 2.28. The minimum Gasteiger partial charge on any atom is -0.325 e. The number of hydrogen-bond donors (Lipinski definition) is 1. The van der Waals surface area contributed by atoms with Crippen molar-refractivity contribution in [3.05, 3.63) is 82.3 Å². The molecular formula is C25H22Cl2N2O2S. The van der Waals surface area contributed by atoms with Gasteiger partial charge in [0.25, 0.3) is 0 Å². The van der Waals surface area contributed by atoms with Gasteiger partial charge in [0.2, 0.25) is 11.8 Å². The number of thioether (sulfide) groups is 1. The van der Waals surface area contributed by atoms with Gasteiger partial charge in [0.05, 0.1) is 27.8 Å². The molecule has 7 heteroatoms. The van der Waals surface area contributed by atoms with Gasteiger partial charge in [-0.05, 0) is 47.4 Å². The number of nitrogens with one attached hydrogen (secondary N) is 1. The van der Waals surface area contributed by atoms with Gasteiger partial charge in [-0.1, -0.05) is 67.4 Å². The molecule has 0 bridgehead atoms. The summed E-state index contributed by atoms with van der Waals surface area (Å²) in [5.74, 6) is 0.149. The first-order valence-corrected chi connectivity index (χ1v) is 11.9. The Morgan fingerprint density at radius 1 is 1.03 bits per heavy atom. The highest BCUT2D eigenvalue weighted by atomic mass is 35.5. The average Bonchev–Trinajstić information content (AvgIpc) is 2.75. The van der Waals surface area contributed by atoms with Crippen LogP contribution in [0.3, 0.4) is 0 Å². The van der Waals surface area contributed by atoms with E-state index in [2.05, 4.69) is 5.32 Å². The van der Waals surface area contributed by atoms with E-state index >= 15 is 0 Å². The monoisotopic (exact) mass is 484 g/mol. The molecule has 0 fully saturated rings. The molecular weight excluding hydrogens is 463 g/mol. The third-order valence-corrected chi connectivity index (χ3v) is 7.10. The Bertz CT molecular complexity index is 1200. The van der Waals surface area contributed by atoms with Crippen molar-refractivity contribution in [2.45, 2.75) is 30.6 Å². The molecule has 0 aliphatic carbocycles. The molecule has 0 saturated heterocycles. The molecule has 1 N–H and O–H groups in total. The van der Waals surface area contributed by atoms with Crippen LogP contribution in [-0.2, 0) is 15.0 Å². The molecule has 0 saturated carbocycles. The van der Waals surface area contributed by atoms with Crippen molar-refractivity contribution in [2.75, 3.05) is 16.0 Å². The summed E-state index contributed by atoms with van der Waals surface area (Å²) >= 11 is 14.3. The maximum atomic E-state index is 12.9. The van der Waals surface area contributed by atoms with Crippen LogP contribution in [0.25, 0.3) is 0 Å². The molecule has 32 heavy (non-hydrogen) atoms. The van der Waals surface area contributed by atoms with E-state index in [0.717, 1.165) is 16.1 Å². The summed E-state index contributed by atoms with van der Waals surface area (Å²) in [6.07, 6.45) is 0.222. The molecule has 0 spiro atoms. The molecule has 2 amide bonds. The molecule has 4 rings (SSSR count). The highest BCUT2D eigenvalue weighted by molar-refractivity contribution is 8.00. The van der Waals surface area contributed by atoms with Crippen LogP contribution in [0, 0.1) is 0 Å². The predicted octanol–water partition coefficient (Wildman–Crippen LogP) is 7.07. The van der Waals surface area contributed by atoms with Gasteiger partial charge in [-0.15, -0.1) is 11.8 Å². The van der Waals surface area contributed by atoms with Gasteiger partial charge < -0.3 is 5.32 Å². The van der Waals surface area contributed by atoms with Crippen molar-refractivity contribution >= 4 is 63.8 Å². The minimum absolute atomic E-state index is 0.0202. The number of para-hydroxylation sites is 1. The number of hydrogen-bond acceptors (Lipinski definition) is 3. The maximum Gasteiger partial charge on any atom is 0.241 e. The number of nitrogens with zero attached hydrogens (tertiary/aromatic N) is 1. The summed E-state index contributed by atoms with van der Waals surface area (Å²) in [6.45, 7) is 3.96. The van der Waals surface area contributed by atoms with Crippen LogP contribution in [0.4, 0.5) is 17.1 Å². The lowest BCUT2D eigenvalue weighted by Gasteiger charge is -2.29. The zero-order valence-corrected chi connectivity index (χ0v) is 20.0. The Morgan fingerprint density at radius 3 is 2.53 bits per heavy atom. The van der Waals surface area contributed by atoms with Gasteiger partial charge in [-0.25, -0.2) is 0 Å². The molecule has 0 aromatic heterocycles. The van der Waals surface area contributed by atoms with Gasteiger partial charge in [0.15, 0.2) is 0 Å². The van der Waals surface area contributed by atoms with Crippen LogP contribution in [0.2, 0.25) is 10.0 Å². The second-order valence-corrected chi connectivity index (χ2v) is 10.1. The second kappa shape index (κ2) is 9.18. The summed E-state index contributed by atoms with van der Waals surface area (Å²) in [6, 6.07) is 20.5. The SMILES string of the molecule is CC(C)(CC(=O)Nc1cc(N2C(=O)CSc3ccccc32)ccc1Cl)c1ccccc1Cl. The first kappa shape index (κ1) is 22.7. The van der Waals surface area contributed by atoms with E-state index in [4.69, 9.17) is 23.2 Å². The molecule has 1 heterocycles. The molecule has 164 valence electrons. The van der Waals surface area contributed by atoms with Crippen LogP contribution in [0.5, 0.6) is 0 Å². The number of amides is 2. The molecule has 1 aliphatic rings. The largest absolute Gasteiger partial charge is 0.325 e. The summed E-state index contributed by atoms with van der Waals surface area (Å²) in [5, 5.41) is 3.95. The minimum atomic E-state index is -0.467. The van der Waals surface area contributed by atoms with Crippen molar-refractivity contribution < 1.29 is 9.59 Å². The Hall–Kier alpha value is -2.47. The van der Waals surface area contributed by atoms with E-state index in [0.29, 0.717) is 27.2 Å². The van der Waals surface area contributed by atoms with E-state index in [9.17, 15) is 9.59 Å². The Kier molecular flexibility index (Phi) is 6.52. The Labute approximate surface area is 201 Å². The number of rotatable bonds is 5. The summed E-state index contributed by atoms with van der Waals surface area (Å²) in [5.41, 5.74) is 2.39. The molecule has 3 aromatic carbocycles. The standard InChI is InChI=1S/C25H22Cl2N2O2S/c1-25(2,17-7-3-4-8-18(17)26)14-23(30)28-20-13-16(11-12-19(20)27)29-21-9-5-6-10-22(21)32-15-24(29)31/h3-13H,14-15H2,1-2H3,(H,28,30). The first-order valence-electron chi connectivity index (χ1n) is 10.2. The van der Waals surface area contributed by atoms with Crippen molar-refractivity contribution in [1.29, 1.82) is 0 Å². The van der Waals surface area contributed by atoms with E-state index in [1.807, 2.05) is 62.4 Å². The molecule has 0 radical (unpaired) electrons. The lowest BCUT2D eigenvalue weighted by atomic mass is 9.81. The quantitative estimate of drug-likeness (QED) is 0.421. The van der Waals surface area contributed by atoms with Crippen LogP contribution >= 0.6 is 35.0 Å². The fourth-order valence-corrected chi connectivity index (χ4v) is 5.28. The zero-order chi connectivity index (χ0) is 22.9. The van der Waals surface area contributed by atoms with Crippen LogP contribution in [0.1, 0.15) is 25.8 Å².